The molecule has 120 valence electrons. The molecule has 1 aliphatic carbocycles. The molecule has 1 aromatic carbocycles. The number of Topliss-reactive ketones (excluding diaryl/α,β-unsaturated/α-hetero) is 2. The molecule has 0 spiro atoms. The van der Waals surface area contributed by atoms with Gasteiger partial charge < -0.3 is 9.84 Å². The highest BCUT2D eigenvalue weighted by Crippen LogP contribution is 2.37. The minimum Gasteiger partial charge on any atom is -0.481 e. The monoisotopic (exact) mass is 314 g/mol. The molecule has 0 radical (unpaired) electrons. The van der Waals surface area contributed by atoms with Crippen molar-refractivity contribution in [1.82, 2.24) is 0 Å². The zero-order valence-electron chi connectivity index (χ0n) is 12.9. The summed E-state index contributed by atoms with van der Waals surface area (Å²) >= 11 is 0. The lowest BCUT2D eigenvalue weighted by molar-refractivity contribution is -0.141. The van der Waals surface area contributed by atoms with E-state index < -0.39 is 18.2 Å². The smallest absolute Gasteiger partial charge is 0.305 e. The number of ether oxygens (including phenoxy) is 1. The van der Waals surface area contributed by atoms with E-state index in [-0.39, 0.29) is 24.4 Å². The highest BCUT2D eigenvalue weighted by atomic mass is 16.5. The number of hydrogen-bond acceptors (Lipinski definition) is 4. The molecule has 23 heavy (non-hydrogen) atoms. The molecule has 0 unspecified atom stereocenters. The third kappa shape index (κ3) is 2.72. The lowest BCUT2D eigenvalue weighted by atomic mass is 9.77. The van der Waals surface area contributed by atoms with Gasteiger partial charge in [0.05, 0.1) is 18.6 Å². The summed E-state index contributed by atoms with van der Waals surface area (Å²) in [7, 11) is 0. The molecular weight excluding hydrogens is 296 g/mol. The minimum atomic E-state index is -0.968. The van der Waals surface area contributed by atoms with E-state index in [1.165, 1.54) is 0 Å². The molecule has 0 saturated heterocycles. The van der Waals surface area contributed by atoms with E-state index in [1.54, 1.807) is 24.3 Å². The number of carboxylic acid groups (broad SMARTS) is 1. The predicted octanol–water partition coefficient (Wildman–Crippen LogP) is 2.79. The fraction of sp³-hybridized carbons (Fsp3) is 0.389. The molecule has 0 bridgehead atoms. The van der Waals surface area contributed by atoms with Gasteiger partial charge in [0.1, 0.15) is 0 Å². The fourth-order valence-electron chi connectivity index (χ4n) is 3.36. The second-order valence-electron chi connectivity index (χ2n) is 5.93. The Hall–Kier alpha value is -2.27. The molecule has 0 amide bonds. The van der Waals surface area contributed by atoms with Crippen molar-refractivity contribution in [2.45, 2.75) is 44.8 Å². The highest BCUT2D eigenvalue weighted by Gasteiger charge is 2.41. The van der Waals surface area contributed by atoms with E-state index >= 15 is 0 Å². The van der Waals surface area contributed by atoms with Gasteiger partial charge in [-0.1, -0.05) is 37.6 Å². The van der Waals surface area contributed by atoms with Gasteiger partial charge in [0.25, 0.3) is 0 Å². The largest absolute Gasteiger partial charge is 0.481 e. The third-order valence-electron chi connectivity index (χ3n) is 4.32. The number of aliphatic carboxylic acids is 1. The molecule has 0 aromatic heterocycles. The Balaban J connectivity index is 2.05. The second kappa shape index (κ2) is 6.08. The van der Waals surface area contributed by atoms with Crippen molar-refractivity contribution in [1.29, 1.82) is 0 Å². The Morgan fingerprint density at radius 1 is 1.22 bits per heavy atom. The van der Waals surface area contributed by atoms with E-state index in [4.69, 9.17) is 9.84 Å². The molecular formula is C18H18O5. The van der Waals surface area contributed by atoms with E-state index in [1.807, 2.05) is 6.92 Å². The molecule has 2 atom stereocenters. The van der Waals surface area contributed by atoms with E-state index in [0.717, 1.165) is 6.42 Å². The summed E-state index contributed by atoms with van der Waals surface area (Å²) in [5.41, 5.74) is 1.68. The molecule has 3 rings (SSSR count). The molecule has 0 fully saturated rings. The van der Waals surface area contributed by atoms with E-state index in [9.17, 15) is 14.4 Å². The first kappa shape index (κ1) is 15.6. The minimum absolute atomic E-state index is 0.164. The Labute approximate surface area is 134 Å². The van der Waals surface area contributed by atoms with Gasteiger partial charge in [0.2, 0.25) is 0 Å². The Kier molecular flexibility index (Phi) is 4.13. The molecule has 1 N–H and O–H groups in total. The summed E-state index contributed by atoms with van der Waals surface area (Å²) in [4.78, 5) is 36.6. The number of ketones is 2. The van der Waals surface area contributed by atoms with Crippen molar-refractivity contribution < 1.29 is 24.2 Å². The van der Waals surface area contributed by atoms with Crippen LogP contribution in [0.4, 0.5) is 0 Å². The first-order valence-electron chi connectivity index (χ1n) is 7.81. The summed E-state index contributed by atoms with van der Waals surface area (Å²) < 4.78 is 5.83. The molecule has 1 aliphatic heterocycles. The molecule has 2 aliphatic rings. The lowest BCUT2D eigenvalue weighted by Gasteiger charge is -2.35. The first-order chi connectivity index (χ1) is 11.0. The van der Waals surface area contributed by atoms with Gasteiger partial charge >= 0.3 is 5.97 Å². The van der Waals surface area contributed by atoms with Crippen LogP contribution in [0.25, 0.3) is 0 Å². The molecule has 5 heteroatoms. The van der Waals surface area contributed by atoms with Crippen LogP contribution in [0, 0.1) is 0 Å². The van der Waals surface area contributed by atoms with Crippen LogP contribution in [0.15, 0.2) is 35.4 Å². The number of fused-ring (bicyclic) bond motifs is 1. The van der Waals surface area contributed by atoms with Crippen LogP contribution < -0.4 is 0 Å². The number of rotatable bonds is 4. The third-order valence-corrected chi connectivity index (χ3v) is 4.32. The summed E-state index contributed by atoms with van der Waals surface area (Å²) in [5.74, 6) is -1.30. The van der Waals surface area contributed by atoms with Crippen LogP contribution in [0.2, 0.25) is 0 Å². The maximum Gasteiger partial charge on any atom is 0.305 e. The van der Waals surface area contributed by atoms with Gasteiger partial charge in [-0.2, -0.15) is 0 Å². The number of carboxylic acids is 1. The van der Waals surface area contributed by atoms with Gasteiger partial charge in [-0.25, -0.2) is 0 Å². The van der Waals surface area contributed by atoms with Crippen LogP contribution in [0.3, 0.4) is 0 Å². The van der Waals surface area contributed by atoms with Crippen molar-refractivity contribution in [3.63, 3.8) is 0 Å². The van der Waals surface area contributed by atoms with E-state index in [2.05, 4.69) is 0 Å². The summed E-state index contributed by atoms with van der Waals surface area (Å²) in [6.07, 6.45) is 0.323. The maximum absolute atomic E-state index is 12.8. The van der Waals surface area contributed by atoms with Gasteiger partial charge in [0, 0.05) is 28.7 Å². The molecule has 1 heterocycles. The van der Waals surface area contributed by atoms with Crippen LogP contribution in [0.5, 0.6) is 0 Å². The van der Waals surface area contributed by atoms with Crippen LogP contribution in [-0.2, 0) is 9.53 Å². The van der Waals surface area contributed by atoms with Crippen molar-refractivity contribution in [2.75, 3.05) is 0 Å². The van der Waals surface area contributed by atoms with Crippen LogP contribution in [0.1, 0.15) is 53.3 Å². The average molecular weight is 314 g/mol. The number of hydrogen-bond donors (Lipinski definition) is 1. The average Bonchev–Trinajstić information content (AvgIpc) is 2.52. The van der Waals surface area contributed by atoms with Gasteiger partial charge in [0.15, 0.2) is 11.6 Å². The molecule has 5 nitrogen and oxygen atoms in total. The second-order valence-corrected chi connectivity index (χ2v) is 5.93. The zero-order chi connectivity index (χ0) is 16.6. The Morgan fingerprint density at radius 3 is 2.48 bits per heavy atom. The Bertz CT molecular complexity index is 716. The topological polar surface area (TPSA) is 80.7 Å². The summed E-state index contributed by atoms with van der Waals surface area (Å²) in [6, 6.07) is 6.77. The number of carbonyl (C=O) groups is 3. The fourth-order valence-corrected chi connectivity index (χ4v) is 3.36. The lowest BCUT2D eigenvalue weighted by Crippen LogP contribution is -2.39. The predicted molar refractivity (Wildman–Crippen MR) is 82.6 cm³/mol. The number of benzene rings is 1. The van der Waals surface area contributed by atoms with Crippen LogP contribution >= 0.6 is 0 Å². The maximum atomic E-state index is 12.8. The van der Waals surface area contributed by atoms with Crippen molar-refractivity contribution in [2.24, 2.45) is 0 Å². The normalized spacial score (nSPS) is 23.5. The van der Waals surface area contributed by atoms with Crippen molar-refractivity contribution >= 4 is 17.5 Å². The van der Waals surface area contributed by atoms with Gasteiger partial charge in [-0.3, -0.25) is 14.4 Å². The quantitative estimate of drug-likeness (QED) is 0.924. The highest BCUT2D eigenvalue weighted by molar-refractivity contribution is 6.27. The van der Waals surface area contributed by atoms with Crippen molar-refractivity contribution in [3.05, 3.63) is 46.5 Å². The molecule has 0 saturated carbocycles. The SMILES string of the molecule is CCC[C@H]1O[C@H](CC(=O)O)CC2=C1C(=O)c1ccccc1C2=O. The van der Waals surface area contributed by atoms with Gasteiger partial charge in [-0.15, -0.1) is 0 Å². The van der Waals surface area contributed by atoms with Gasteiger partial charge in [-0.05, 0) is 6.42 Å². The molecule has 1 aromatic rings. The van der Waals surface area contributed by atoms with Crippen molar-refractivity contribution in [3.8, 4) is 0 Å². The standard InChI is InChI=1S/C18H18O5/c1-2-5-14-16-13(8-10(23-14)9-15(19)20)17(21)11-6-3-4-7-12(11)18(16)22/h3-4,6-7,10,14H,2,5,8-9H2,1H3,(H,19,20)/t10-,14+/m0/s1. The number of carbonyl (C=O) groups excluding carboxylic acids is 2. The Morgan fingerprint density at radius 2 is 1.87 bits per heavy atom. The van der Waals surface area contributed by atoms with Crippen LogP contribution in [-0.4, -0.2) is 34.9 Å². The summed E-state index contributed by atoms with van der Waals surface area (Å²) in [6.45, 7) is 1.97. The zero-order valence-corrected chi connectivity index (χ0v) is 12.9. The van der Waals surface area contributed by atoms with E-state index in [0.29, 0.717) is 28.7 Å². The summed E-state index contributed by atoms with van der Waals surface area (Å²) in [5, 5.41) is 9.01. The first-order valence-corrected chi connectivity index (χ1v) is 7.81.